The molecule has 0 bridgehead atoms. The monoisotopic (exact) mass is 297 g/mol. The number of aliphatic imine (C=N–C) groups is 1. The van der Waals surface area contributed by atoms with Gasteiger partial charge in [-0.3, -0.25) is 9.56 Å². The Bertz CT molecular complexity index is 790. The van der Waals surface area contributed by atoms with E-state index < -0.39 is 0 Å². The highest BCUT2D eigenvalue weighted by molar-refractivity contribution is 6.02. The van der Waals surface area contributed by atoms with Crippen LogP contribution in [0.15, 0.2) is 35.3 Å². The van der Waals surface area contributed by atoms with Crippen LogP contribution in [0.1, 0.15) is 23.6 Å². The Morgan fingerprint density at radius 2 is 2.09 bits per heavy atom. The van der Waals surface area contributed by atoms with Gasteiger partial charge in [-0.1, -0.05) is 12.2 Å². The van der Waals surface area contributed by atoms with Crippen molar-refractivity contribution >= 4 is 5.84 Å². The molecule has 0 saturated carbocycles. The third kappa shape index (κ3) is 2.03. The van der Waals surface area contributed by atoms with Gasteiger partial charge < -0.3 is 4.90 Å². The van der Waals surface area contributed by atoms with Gasteiger partial charge in [0.2, 0.25) is 0 Å². The van der Waals surface area contributed by atoms with E-state index in [9.17, 15) is 4.39 Å². The van der Waals surface area contributed by atoms with Crippen molar-refractivity contribution in [2.24, 2.45) is 4.99 Å². The van der Waals surface area contributed by atoms with E-state index in [2.05, 4.69) is 27.2 Å². The maximum absolute atomic E-state index is 13.8. The Hall–Kier alpha value is -2.50. The summed E-state index contributed by atoms with van der Waals surface area (Å²) in [4.78, 5) is 6.89. The molecule has 2 aliphatic rings. The predicted octanol–water partition coefficient (Wildman–Crippen LogP) is 2.24. The number of hydrogen-bond donors (Lipinski definition) is 0. The fraction of sp³-hybridized carbons (Fsp3) is 0.312. The number of fused-ring (bicyclic) bond motifs is 3. The zero-order valence-corrected chi connectivity index (χ0v) is 12.3. The SMILES string of the molecule is Cc1nnc2n1-c1ccc(F)cc1C(N1CC=CCC1)=NC2. The van der Waals surface area contributed by atoms with Crippen LogP contribution in [-0.2, 0) is 6.54 Å². The highest BCUT2D eigenvalue weighted by Crippen LogP contribution is 2.25. The molecule has 0 atom stereocenters. The van der Waals surface area contributed by atoms with Crippen LogP contribution in [0.3, 0.4) is 0 Å². The first-order valence-electron chi connectivity index (χ1n) is 7.39. The van der Waals surface area contributed by atoms with Gasteiger partial charge in [0.15, 0.2) is 5.82 Å². The summed E-state index contributed by atoms with van der Waals surface area (Å²) < 4.78 is 15.8. The molecule has 2 aliphatic heterocycles. The minimum absolute atomic E-state index is 0.256. The Labute approximate surface area is 127 Å². The molecule has 112 valence electrons. The second-order valence-electron chi connectivity index (χ2n) is 5.51. The molecular formula is C16H16FN5. The number of amidine groups is 1. The van der Waals surface area contributed by atoms with E-state index in [0.717, 1.165) is 48.2 Å². The molecular weight excluding hydrogens is 281 g/mol. The Balaban J connectivity index is 1.91. The fourth-order valence-electron chi connectivity index (χ4n) is 3.04. The summed E-state index contributed by atoms with van der Waals surface area (Å²) in [6.07, 6.45) is 5.27. The van der Waals surface area contributed by atoms with E-state index in [1.54, 1.807) is 12.1 Å². The lowest BCUT2D eigenvalue weighted by Gasteiger charge is -2.27. The lowest BCUT2D eigenvalue weighted by molar-refractivity contribution is 0.453. The van der Waals surface area contributed by atoms with Gasteiger partial charge in [0.25, 0.3) is 0 Å². The normalized spacial score (nSPS) is 16.8. The van der Waals surface area contributed by atoms with E-state index in [-0.39, 0.29) is 5.82 Å². The average Bonchev–Trinajstić information content (AvgIpc) is 2.82. The zero-order chi connectivity index (χ0) is 15.1. The fourth-order valence-corrected chi connectivity index (χ4v) is 3.04. The highest BCUT2D eigenvalue weighted by atomic mass is 19.1. The van der Waals surface area contributed by atoms with E-state index >= 15 is 0 Å². The standard InChI is InChI=1S/C16H16FN5/c1-11-19-20-15-10-18-16(21-7-3-2-4-8-21)13-9-12(17)5-6-14(13)22(11)15/h2-3,5-6,9H,4,7-8,10H2,1H3. The maximum Gasteiger partial charge on any atom is 0.159 e. The van der Waals surface area contributed by atoms with Crippen molar-refractivity contribution in [3.05, 3.63) is 53.4 Å². The number of rotatable bonds is 0. The Morgan fingerprint density at radius 1 is 1.18 bits per heavy atom. The lowest BCUT2D eigenvalue weighted by atomic mass is 10.1. The summed E-state index contributed by atoms with van der Waals surface area (Å²) in [7, 11) is 0. The van der Waals surface area contributed by atoms with Gasteiger partial charge in [-0.05, 0) is 31.5 Å². The van der Waals surface area contributed by atoms with Crippen LogP contribution in [0.25, 0.3) is 5.69 Å². The van der Waals surface area contributed by atoms with Gasteiger partial charge in [0.05, 0.1) is 5.69 Å². The number of hydrogen-bond acceptors (Lipinski definition) is 4. The predicted molar refractivity (Wildman–Crippen MR) is 81.6 cm³/mol. The smallest absolute Gasteiger partial charge is 0.159 e. The van der Waals surface area contributed by atoms with Crippen LogP contribution < -0.4 is 0 Å². The lowest BCUT2D eigenvalue weighted by Crippen LogP contribution is -2.35. The topological polar surface area (TPSA) is 46.3 Å². The first-order chi connectivity index (χ1) is 10.7. The minimum atomic E-state index is -0.256. The number of benzene rings is 1. The van der Waals surface area contributed by atoms with Crippen LogP contribution in [0.2, 0.25) is 0 Å². The number of halogens is 1. The van der Waals surface area contributed by atoms with Crippen LogP contribution >= 0.6 is 0 Å². The summed E-state index contributed by atoms with van der Waals surface area (Å²) in [5, 5.41) is 8.32. The number of nitrogens with zero attached hydrogens (tertiary/aromatic N) is 5. The summed E-state index contributed by atoms with van der Waals surface area (Å²) in [6, 6.07) is 4.81. The van der Waals surface area contributed by atoms with Crippen LogP contribution in [0, 0.1) is 12.7 Å². The molecule has 0 unspecified atom stereocenters. The molecule has 0 N–H and O–H groups in total. The van der Waals surface area contributed by atoms with Gasteiger partial charge in [-0.2, -0.15) is 0 Å². The Kier molecular flexibility index (Phi) is 3.03. The maximum atomic E-state index is 13.8. The molecule has 0 fully saturated rings. The summed E-state index contributed by atoms with van der Waals surface area (Å²) in [5.41, 5.74) is 1.70. The minimum Gasteiger partial charge on any atom is -0.352 e. The van der Waals surface area contributed by atoms with Crippen molar-refractivity contribution in [1.82, 2.24) is 19.7 Å². The van der Waals surface area contributed by atoms with Gasteiger partial charge in [0, 0.05) is 18.7 Å². The van der Waals surface area contributed by atoms with Crippen molar-refractivity contribution in [2.45, 2.75) is 19.9 Å². The molecule has 2 aromatic rings. The Morgan fingerprint density at radius 3 is 2.91 bits per heavy atom. The number of aromatic nitrogens is 3. The largest absolute Gasteiger partial charge is 0.352 e. The highest BCUT2D eigenvalue weighted by Gasteiger charge is 2.24. The van der Waals surface area contributed by atoms with Crippen molar-refractivity contribution in [1.29, 1.82) is 0 Å². The molecule has 1 aromatic heterocycles. The first-order valence-corrected chi connectivity index (χ1v) is 7.39. The number of aryl methyl sites for hydroxylation is 1. The van der Waals surface area contributed by atoms with Gasteiger partial charge in [-0.25, -0.2) is 4.39 Å². The van der Waals surface area contributed by atoms with Crippen LogP contribution in [0.4, 0.5) is 4.39 Å². The molecule has 4 rings (SSSR count). The zero-order valence-electron chi connectivity index (χ0n) is 12.3. The van der Waals surface area contributed by atoms with Crippen molar-refractivity contribution in [3.8, 4) is 5.69 Å². The van der Waals surface area contributed by atoms with Crippen LogP contribution in [-0.4, -0.2) is 38.6 Å². The molecule has 0 saturated heterocycles. The molecule has 22 heavy (non-hydrogen) atoms. The molecule has 0 radical (unpaired) electrons. The van der Waals surface area contributed by atoms with E-state index in [0.29, 0.717) is 6.54 Å². The molecule has 3 heterocycles. The van der Waals surface area contributed by atoms with Crippen LogP contribution in [0.5, 0.6) is 0 Å². The first kappa shape index (κ1) is 13.2. The van der Waals surface area contributed by atoms with E-state index in [4.69, 9.17) is 4.99 Å². The second-order valence-corrected chi connectivity index (χ2v) is 5.51. The van der Waals surface area contributed by atoms with Gasteiger partial charge in [-0.15, -0.1) is 10.2 Å². The van der Waals surface area contributed by atoms with Crippen molar-refractivity contribution < 1.29 is 4.39 Å². The second kappa shape index (κ2) is 5.05. The molecule has 1 aromatic carbocycles. The van der Waals surface area contributed by atoms with E-state index in [1.807, 2.05) is 11.5 Å². The summed E-state index contributed by atoms with van der Waals surface area (Å²) in [5.74, 6) is 2.16. The van der Waals surface area contributed by atoms with Crippen molar-refractivity contribution in [2.75, 3.05) is 13.1 Å². The van der Waals surface area contributed by atoms with Gasteiger partial charge in [0.1, 0.15) is 24.0 Å². The third-order valence-corrected chi connectivity index (χ3v) is 4.06. The molecule has 5 nitrogen and oxygen atoms in total. The average molecular weight is 297 g/mol. The molecule has 0 spiro atoms. The quantitative estimate of drug-likeness (QED) is 0.701. The van der Waals surface area contributed by atoms with Gasteiger partial charge >= 0.3 is 0 Å². The third-order valence-electron chi connectivity index (χ3n) is 4.06. The van der Waals surface area contributed by atoms with Crippen molar-refractivity contribution in [3.63, 3.8) is 0 Å². The summed E-state index contributed by atoms with van der Waals surface area (Å²) >= 11 is 0. The molecule has 0 amide bonds. The summed E-state index contributed by atoms with van der Waals surface area (Å²) in [6.45, 7) is 4.05. The molecule has 6 heteroatoms. The molecule has 0 aliphatic carbocycles. The van der Waals surface area contributed by atoms with E-state index in [1.165, 1.54) is 6.07 Å².